The van der Waals surface area contributed by atoms with Gasteiger partial charge in [-0.2, -0.15) is 0 Å². The molecule has 1 amide bonds. The molecule has 1 unspecified atom stereocenters. The van der Waals surface area contributed by atoms with Crippen molar-refractivity contribution in [3.63, 3.8) is 0 Å². The molecule has 3 heteroatoms. The topological polar surface area (TPSA) is 29.5 Å². The smallest absolute Gasteiger partial charge is 0.227 e. The predicted octanol–water partition coefficient (Wildman–Crippen LogP) is 1.14. The summed E-state index contributed by atoms with van der Waals surface area (Å²) >= 11 is 0. The fraction of sp³-hybridized carbons (Fsp3) is 0.889. The molecule has 0 radical (unpaired) electrons. The van der Waals surface area contributed by atoms with Gasteiger partial charge in [0.05, 0.1) is 12.5 Å². The zero-order chi connectivity index (χ0) is 9.72. The minimum Gasteiger partial charge on any atom is -0.384 e. The number of methoxy groups -OCH3 is 1. The van der Waals surface area contributed by atoms with Crippen LogP contribution in [0.4, 0.5) is 0 Å². The molecule has 0 rings (SSSR count). The fourth-order valence-corrected chi connectivity index (χ4v) is 0.923. The maximum Gasteiger partial charge on any atom is 0.227 e. The first-order chi connectivity index (χ1) is 5.50. The van der Waals surface area contributed by atoms with E-state index in [1.165, 1.54) is 0 Å². The number of rotatable bonds is 4. The normalized spacial score (nSPS) is 13.2. The number of nitrogens with zero attached hydrogens (tertiary/aromatic N) is 1. The van der Waals surface area contributed by atoms with Crippen molar-refractivity contribution in [1.29, 1.82) is 0 Å². The van der Waals surface area contributed by atoms with Crippen LogP contribution in [0.15, 0.2) is 0 Å². The lowest BCUT2D eigenvalue weighted by Crippen LogP contribution is -2.38. The van der Waals surface area contributed by atoms with E-state index >= 15 is 0 Å². The van der Waals surface area contributed by atoms with Crippen molar-refractivity contribution in [2.24, 2.45) is 5.92 Å². The van der Waals surface area contributed by atoms with E-state index in [1.54, 1.807) is 12.0 Å². The summed E-state index contributed by atoms with van der Waals surface area (Å²) < 4.78 is 4.91. The summed E-state index contributed by atoms with van der Waals surface area (Å²) in [7, 11) is 3.43. The molecule has 12 heavy (non-hydrogen) atoms. The van der Waals surface area contributed by atoms with Crippen molar-refractivity contribution in [2.45, 2.75) is 26.8 Å². The molecule has 0 aliphatic heterocycles. The van der Waals surface area contributed by atoms with Crippen LogP contribution < -0.4 is 0 Å². The Morgan fingerprint density at radius 2 is 1.92 bits per heavy atom. The van der Waals surface area contributed by atoms with E-state index in [0.717, 1.165) is 0 Å². The second kappa shape index (κ2) is 5.14. The van der Waals surface area contributed by atoms with Crippen LogP contribution in [-0.4, -0.2) is 37.6 Å². The molecule has 3 nitrogen and oxygen atoms in total. The molecule has 72 valence electrons. The summed E-state index contributed by atoms with van der Waals surface area (Å²) in [6.45, 7) is 6.37. The highest BCUT2D eigenvalue weighted by Gasteiger charge is 2.18. The standard InChI is InChI=1S/C9H19NO2/c1-7(2)10(4)9(11)8(3)6-12-5/h7-8H,6H2,1-5H3. The van der Waals surface area contributed by atoms with Gasteiger partial charge in [0.15, 0.2) is 0 Å². The van der Waals surface area contributed by atoms with E-state index < -0.39 is 0 Å². The van der Waals surface area contributed by atoms with Gasteiger partial charge in [-0.05, 0) is 13.8 Å². The molecule has 0 aliphatic carbocycles. The average molecular weight is 173 g/mol. The van der Waals surface area contributed by atoms with E-state index in [4.69, 9.17) is 4.74 Å². The lowest BCUT2D eigenvalue weighted by molar-refractivity contribution is -0.136. The highest BCUT2D eigenvalue weighted by Crippen LogP contribution is 2.04. The number of amides is 1. The van der Waals surface area contributed by atoms with E-state index in [2.05, 4.69) is 0 Å². The first-order valence-corrected chi connectivity index (χ1v) is 4.26. The van der Waals surface area contributed by atoms with E-state index in [1.807, 2.05) is 27.8 Å². The quantitative estimate of drug-likeness (QED) is 0.638. The largest absolute Gasteiger partial charge is 0.384 e. The molecule has 0 saturated carbocycles. The van der Waals surface area contributed by atoms with Gasteiger partial charge in [-0.25, -0.2) is 0 Å². The van der Waals surface area contributed by atoms with Gasteiger partial charge in [-0.3, -0.25) is 4.79 Å². The second-order valence-electron chi connectivity index (χ2n) is 3.40. The van der Waals surface area contributed by atoms with Crippen LogP contribution in [0, 0.1) is 5.92 Å². The Morgan fingerprint density at radius 3 is 2.25 bits per heavy atom. The Balaban J connectivity index is 4.00. The van der Waals surface area contributed by atoms with Gasteiger partial charge in [-0.15, -0.1) is 0 Å². The molecular formula is C9H19NO2. The molecule has 0 aromatic carbocycles. The Labute approximate surface area is 74.7 Å². The van der Waals surface area contributed by atoms with Gasteiger partial charge in [0, 0.05) is 20.2 Å². The van der Waals surface area contributed by atoms with Gasteiger partial charge < -0.3 is 9.64 Å². The summed E-state index contributed by atoms with van der Waals surface area (Å²) in [5.41, 5.74) is 0. The van der Waals surface area contributed by atoms with Gasteiger partial charge in [0.1, 0.15) is 0 Å². The Bertz CT molecular complexity index is 145. The summed E-state index contributed by atoms with van der Waals surface area (Å²) in [5.74, 6) is 0.106. The van der Waals surface area contributed by atoms with E-state index in [0.29, 0.717) is 6.61 Å². The number of carbonyl (C=O) groups excluding carboxylic acids is 1. The fourth-order valence-electron chi connectivity index (χ4n) is 0.923. The minimum absolute atomic E-state index is 0.0394. The third-order valence-electron chi connectivity index (χ3n) is 1.96. The monoisotopic (exact) mass is 173 g/mol. The highest BCUT2D eigenvalue weighted by molar-refractivity contribution is 5.78. The maximum absolute atomic E-state index is 11.5. The van der Waals surface area contributed by atoms with E-state index in [-0.39, 0.29) is 17.9 Å². The van der Waals surface area contributed by atoms with Gasteiger partial charge in [0.25, 0.3) is 0 Å². The Morgan fingerprint density at radius 1 is 1.42 bits per heavy atom. The van der Waals surface area contributed by atoms with Gasteiger partial charge >= 0.3 is 0 Å². The number of carbonyl (C=O) groups is 1. The van der Waals surface area contributed by atoms with Crippen LogP contribution in [0.25, 0.3) is 0 Å². The van der Waals surface area contributed by atoms with Crippen LogP contribution in [0.1, 0.15) is 20.8 Å². The van der Waals surface area contributed by atoms with Crippen LogP contribution >= 0.6 is 0 Å². The number of hydrogen-bond donors (Lipinski definition) is 0. The first kappa shape index (κ1) is 11.4. The summed E-state index contributed by atoms with van der Waals surface area (Å²) in [6, 6.07) is 0.261. The van der Waals surface area contributed by atoms with Crippen molar-refractivity contribution in [2.75, 3.05) is 20.8 Å². The first-order valence-electron chi connectivity index (χ1n) is 4.26. The van der Waals surface area contributed by atoms with Gasteiger partial charge in [0.2, 0.25) is 5.91 Å². The van der Waals surface area contributed by atoms with Crippen molar-refractivity contribution in [1.82, 2.24) is 4.90 Å². The summed E-state index contributed by atoms with van der Waals surface area (Å²) in [5, 5.41) is 0. The van der Waals surface area contributed by atoms with Gasteiger partial charge in [-0.1, -0.05) is 6.92 Å². The zero-order valence-corrected chi connectivity index (χ0v) is 8.63. The lowest BCUT2D eigenvalue weighted by Gasteiger charge is -2.24. The Hall–Kier alpha value is -0.570. The van der Waals surface area contributed by atoms with Crippen LogP contribution in [0.2, 0.25) is 0 Å². The van der Waals surface area contributed by atoms with Crippen molar-refractivity contribution < 1.29 is 9.53 Å². The third-order valence-corrected chi connectivity index (χ3v) is 1.96. The average Bonchev–Trinajstić information content (AvgIpc) is 2.02. The van der Waals surface area contributed by atoms with Crippen LogP contribution in [-0.2, 0) is 9.53 Å². The molecule has 0 N–H and O–H groups in total. The number of ether oxygens (including phenoxy) is 1. The zero-order valence-electron chi connectivity index (χ0n) is 8.63. The maximum atomic E-state index is 11.5. The molecule has 0 heterocycles. The molecule has 0 aromatic rings. The van der Waals surface area contributed by atoms with Crippen LogP contribution in [0.3, 0.4) is 0 Å². The molecular weight excluding hydrogens is 154 g/mol. The van der Waals surface area contributed by atoms with Crippen molar-refractivity contribution >= 4 is 5.91 Å². The molecule has 0 bridgehead atoms. The second-order valence-corrected chi connectivity index (χ2v) is 3.40. The lowest BCUT2D eigenvalue weighted by atomic mass is 10.1. The van der Waals surface area contributed by atoms with Crippen molar-refractivity contribution in [3.8, 4) is 0 Å². The van der Waals surface area contributed by atoms with E-state index in [9.17, 15) is 4.79 Å². The SMILES string of the molecule is COCC(C)C(=O)N(C)C(C)C. The van der Waals surface area contributed by atoms with Crippen molar-refractivity contribution in [3.05, 3.63) is 0 Å². The molecule has 0 aliphatic rings. The minimum atomic E-state index is -0.0394. The molecule has 0 aromatic heterocycles. The number of hydrogen-bond acceptors (Lipinski definition) is 2. The Kier molecular flexibility index (Phi) is 4.90. The summed E-state index contributed by atoms with van der Waals surface area (Å²) in [4.78, 5) is 13.3. The van der Waals surface area contributed by atoms with Crippen LogP contribution in [0.5, 0.6) is 0 Å². The predicted molar refractivity (Wildman–Crippen MR) is 48.9 cm³/mol. The molecule has 0 saturated heterocycles. The third kappa shape index (κ3) is 3.22. The highest BCUT2D eigenvalue weighted by atomic mass is 16.5. The molecule has 0 spiro atoms. The molecule has 0 fully saturated rings. The molecule has 1 atom stereocenters. The summed E-state index contributed by atoms with van der Waals surface area (Å²) in [6.07, 6.45) is 0.